The van der Waals surface area contributed by atoms with Crippen LogP contribution in [-0.2, 0) is 13.8 Å². The van der Waals surface area contributed by atoms with Gasteiger partial charge in [-0.15, -0.1) is 0 Å². The van der Waals surface area contributed by atoms with Gasteiger partial charge in [0.15, 0.2) is 6.23 Å². The quantitative estimate of drug-likeness (QED) is 0.368. The molecule has 0 aromatic carbocycles. The second kappa shape index (κ2) is 5.81. The number of hydrogen-bond donors (Lipinski definition) is 5. The summed E-state index contributed by atoms with van der Waals surface area (Å²) in [6, 6.07) is 0.984. The zero-order valence-electron chi connectivity index (χ0n) is 10.4. The molecule has 11 nitrogen and oxygen atoms in total. The molecule has 2 rings (SSSR count). The molecule has 1 saturated heterocycles. The lowest BCUT2D eigenvalue weighted by atomic mass is 10.1. The fourth-order valence-electron chi connectivity index (χ4n) is 2.02. The van der Waals surface area contributed by atoms with Crippen molar-refractivity contribution in [2.45, 2.75) is 24.5 Å². The summed E-state index contributed by atoms with van der Waals surface area (Å²) < 4.78 is 20.9. The highest BCUT2D eigenvalue weighted by Gasteiger charge is 2.48. The number of phosphoric ester groups is 1. The average Bonchev–Trinajstić information content (AvgIpc) is 2.65. The van der Waals surface area contributed by atoms with Crippen LogP contribution in [0.2, 0.25) is 0 Å². The predicted molar refractivity (Wildman–Crippen MR) is 65.2 cm³/mol. The third kappa shape index (κ3) is 3.30. The maximum Gasteiger partial charge on any atom is 0.470 e. The molecule has 2 heterocycles. The number of aromatic amines is 1. The molecule has 5 N–H and O–H groups in total. The van der Waals surface area contributed by atoms with Crippen molar-refractivity contribution in [3.63, 3.8) is 0 Å². The van der Waals surface area contributed by atoms with Crippen molar-refractivity contribution in [2.24, 2.45) is 0 Å². The molecule has 118 valence electrons. The minimum atomic E-state index is -5.03. The largest absolute Gasteiger partial charge is 0.470 e. The summed E-state index contributed by atoms with van der Waals surface area (Å²) in [5.41, 5.74) is -1.74. The summed E-state index contributed by atoms with van der Waals surface area (Å²) in [5, 5.41) is 18.9. The number of hydrogen-bond acceptors (Lipinski definition) is 7. The van der Waals surface area contributed by atoms with Crippen LogP contribution in [0.25, 0.3) is 0 Å². The monoisotopic (exact) mass is 324 g/mol. The molecule has 0 spiro atoms. The van der Waals surface area contributed by atoms with Crippen LogP contribution in [0.4, 0.5) is 0 Å². The lowest BCUT2D eigenvalue weighted by molar-refractivity contribution is -0.0558. The van der Waals surface area contributed by atoms with Gasteiger partial charge in [-0.3, -0.25) is 9.32 Å². The maximum absolute atomic E-state index is 11.7. The molecule has 12 heteroatoms. The first-order chi connectivity index (χ1) is 9.74. The molecular weight excluding hydrogens is 311 g/mol. The van der Waals surface area contributed by atoms with Crippen LogP contribution in [-0.4, -0.2) is 54.5 Å². The van der Waals surface area contributed by atoms with E-state index in [0.717, 1.165) is 12.3 Å². The number of nitrogens with zero attached hydrogens (tertiary/aromatic N) is 1. The molecule has 0 radical (unpaired) electrons. The van der Waals surface area contributed by atoms with Gasteiger partial charge in [0.05, 0.1) is 6.61 Å². The predicted octanol–water partition coefficient (Wildman–Crippen LogP) is -2.73. The van der Waals surface area contributed by atoms with E-state index in [-0.39, 0.29) is 0 Å². The van der Waals surface area contributed by atoms with Gasteiger partial charge in [0.1, 0.15) is 18.3 Å². The second-order valence-electron chi connectivity index (χ2n) is 4.29. The van der Waals surface area contributed by atoms with Crippen molar-refractivity contribution in [3.8, 4) is 0 Å². The maximum atomic E-state index is 11.7. The van der Waals surface area contributed by atoms with Crippen molar-refractivity contribution in [3.05, 3.63) is 33.1 Å². The molecule has 1 aliphatic rings. The van der Waals surface area contributed by atoms with E-state index < -0.39 is 50.2 Å². The van der Waals surface area contributed by atoms with E-state index in [9.17, 15) is 19.3 Å². The third-order valence-corrected chi connectivity index (χ3v) is 3.41. The van der Waals surface area contributed by atoms with E-state index in [4.69, 9.17) is 19.6 Å². The van der Waals surface area contributed by atoms with Gasteiger partial charge in [-0.25, -0.2) is 13.9 Å². The summed E-state index contributed by atoms with van der Waals surface area (Å²) in [6.07, 6.45) is -5.13. The fourth-order valence-corrected chi connectivity index (χ4v) is 2.57. The number of rotatable bonds is 4. The smallest absolute Gasteiger partial charge is 0.394 e. The van der Waals surface area contributed by atoms with Gasteiger partial charge in [0, 0.05) is 12.3 Å². The Labute approximate surface area is 116 Å². The molecule has 21 heavy (non-hydrogen) atoms. The Morgan fingerprint density at radius 1 is 1.43 bits per heavy atom. The minimum absolute atomic E-state index is 0.499. The Kier molecular flexibility index (Phi) is 4.44. The molecule has 1 aliphatic heterocycles. The molecule has 1 fully saturated rings. The van der Waals surface area contributed by atoms with Crippen molar-refractivity contribution >= 4 is 7.82 Å². The number of nitrogens with one attached hydrogen (secondary N) is 1. The van der Waals surface area contributed by atoms with Crippen LogP contribution in [0.5, 0.6) is 0 Å². The average molecular weight is 324 g/mol. The van der Waals surface area contributed by atoms with E-state index in [1.807, 2.05) is 0 Å². The van der Waals surface area contributed by atoms with E-state index in [2.05, 4.69) is 9.51 Å². The highest BCUT2D eigenvalue weighted by Crippen LogP contribution is 2.43. The summed E-state index contributed by atoms with van der Waals surface area (Å²) in [4.78, 5) is 43.3. The van der Waals surface area contributed by atoms with Crippen molar-refractivity contribution in [2.75, 3.05) is 6.61 Å². The van der Waals surface area contributed by atoms with Crippen molar-refractivity contribution in [1.29, 1.82) is 0 Å². The molecule has 0 aliphatic carbocycles. The highest BCUT2D eigenvalue weighted by atomic mass is 31.2. The minimum Gasteiger partial charge on any atom is -0.394 e. The number of aliphatic hydroxyl groups excluding tert-OH is 2. The Morgan fingerprint density at radius 3 is 2.62 bits per heavy atom. The first-order valence-corrected chi connectivity index (χ1v) is 7.26. The standard InChI is InChI=1S/C9H13N2O9P/c12-3-4-6(14)7(20-21(16,17)18)8(19-4)11-5(13)1-2-10-9(11)15/h1-2,4,6-8,12,14H,3H2,(H,10,15)(H2,16,17,18)/t4-,6-,7+,8-/m0/s1. The summed E-state index contributed by atoms with van der Waals surface area (Å²) >= 11 is 0. The van der Waals surface area contributed by atoms with Crippen LogP contribution in [0.3, 0.4) is 0 Å². The van der Waals surface area contributed by atoms with Crippen LogP contribution in [0.1, 0.15) is 6.23 Å². The van der Waals surface area contributed by atoms with E-state index in [0.29, 0.717) is 4.57 Å². The zero-order valence-corrected chi connectivity index (χ0v) is 11.3. The Hall–Kier alpha value is -1.33. The molecule has 0 unspecified atom stereocenters. The number of aliphatic hydroxyl groups is 2. The molecule has 0 amide bonds. The number of ether oxygens (including phenoxy) is 1. The van der Waals surface area contributed by atoms with Gasteiger partial charge in [0.2, 0.25) is 0 Å². The first kappa shape index (κ1) is 16.0. The third-order valence-electron chi connectivity index (χ3n) is 2.90. The topological polar surface area (TPSA) is 171 Å². The lowest BCUT2D eigenvalue weighted by Crippen LogP contribution is -2.42. The normalized spacial score (nSPS) is 29.7. The molecule has 0 bridgehead atoms. The summed E-state index contributed by atoms with van der Waals surface area (Å²) in [5.74, 6) is 0. The highest BCUT2D eigenvalue weighted by molar-refractivity contribution is 7.46. The first-order valence-electron chi connectivity index (χ1n) is 5.73. The van der Waals surface area contributed by atoms with Gasteiger partial charge in [0.25, 0.3) is 5.56 Å². The number of phosphoric acid groups is 1. The van der Waals surface area contributed by atoms with Crippen LogP contribution in [0, 0.1) is 0 Å². The van der Waals surface area contributed by atoms with Crippen molar-refractivity contribution < 1.29 is 33.8 Å². The van der Waals surface area contributed by atoms with E-state index in [1.54, 1.807) is 0 Å². The number of H-pyrrole nitrogens is 1. The molecule has 1 aromatic rings. The van der Waals surface area contributed by atoms with Gasteiger partial charge in [-0.2, -0.15) is 0 Å². The number of aromatic nitrogens is 2. The van der Waals surface area contributed by atoms with Crippen LogP contribution in [0.15, 0.2) is 21.9 Å². The van der Waals surface area contributed by atoms with Gasteiger partial charge in [-0.1, -0.05) is 0 Å². The summed E-state index contributed by atoms with van der Waals surface area (Å²) in [7, 11) is -5.03. The molecule has 1 aromatic heterocycles. The zero-order chi connectivity index (χ0) is 15.8. The molecular formula is C9H13N2O9P. The summed E-state index contributed by atoms with van der Waals surface area (Å²) in [6.45, 7) is -0.696. The lowest BCUT2D eigenvalue weighted by Gasteiger charge is -2.21. The van der Waals surface area contributed by atoms with Gasteiger partial charge in [-0.05, 0) is 0 Å². The van der Waals surface area contributed by atoms with Crippen LogP contribution < -0.4 is 11.2 Å². The van der Waals surface area contributed by atoms with Gasteiger partial charge >= 0.3 is 13.5 Å². The SMILES string of the molecule is O=c1cc[nH]c(=O)n1[C@H]1O[C@@H](CO)[C@H](O)[C@H]1OP(=O)(O)O. The Balaban J connectivity index is 2.47. The molecule has 0 saturated carbocycles. The van der Waals surface area contributed by atoms with Crippen LogP contribution >= 0.6 is 7.82 Å². The van der Waals surface area contributed by atoms with E-state index >= 15 is 0 Å². The second-order valence-corrected chi connectivity index (χ2v) is 5.48. The Morgan fingerprint density at radius 2 is 2.10 bits per heavy atom. The van der Waals surface area contributed by atoms with Gasteiger partial charge < -0.3 is 29.7 Å². The van der Waals surface area contributed by atoms with E-state index in [1.165, 1.54) is 0 Å². The Bertz CT molecular complexity index is 635. The van der Waals surface area contributed by atoms with Crippen molar-refractivity contribution in [1.82, 2.24) is 9.55 Å². The fraction of sp³-hybridized carbons (Fsp3) is 0.556. The molecule has 4 atom stereocenters.